The molecule has 0 saturated carbocycles. The lowest BCUT2D eigenvalue weighted by Crippen LogP contribution is -2.25. The van der Waals surface area contributed by atoms with E-state index in [1.807, 2.05) is 39.2 Å². The summed E-state index contributed by atoms with van der Waals surface area (Å²) in [6.45, 7) is 2.70. The average Bonchev–Trinajstić information content (AvgIpc) is 2.56. The molecule has 15 heavy (non-hydrogen) atoms. The highest BCUT2D eigenvalue weighted by Gasteiger charge is 2.07. The number of hydrogen-bond donors (Lipinski definition) is 1. The van der Waals surface area contributed by atoms with Crippen molar-refractivity contribution in [1.29, 1.82) is 0 Å². The van der Waals surface area contributed by atoms with E-state index in [0.29, 0.717) is 0 Å². The second-order valence-electron chi connectivity index (χ2n) is 3.77. The van der Waals surface area contributed by atoms with Gasteiger partial charge in [0.2, 0.25) is 5.95 Å². The van der Waals surface area contributed by atoms with Crippen molar-refractivity contribution < 1.29 is 0 Å². The predicted octanol–water partition coefficient (Wildman–Crippen LogP) is 0.597. The maximum Gasteiger partial charge on any atom is 0.204 e. The monoisotopic (exact) mass is 206 g/mol. The van der Waals surface area contributed by atoms with E-state index in [0.717, 1.165) is 18.2 Å². The van der Waals surface area contributed by atoms with Crippen molar-refractivity contribution in [2.45, 2.75) is 19.5 Å². The Balaban J connectivity index is 2.68. The first-order valence-corrected chi connectivity index (χ1v) is 4.93. The molecule has 0 aliphatic carbocycles. The molecule has 1 aromatic rings. The summed E-state index contributed by atoms with van der Waals surface area (Å²) in [4.78, 5) is 6.30. The van der Waals surface area contributed by atoms with E-state index in [1.54, 1.807) is 0 Å². The molecule has 4 heteroatoms. The number of aromatic nitrogens is 2. The molecule has 82 valence electrons. The van der Waals surface area contributed by atoms with E-state index in [4.69, 9.17) is 6.42 Å². The van der Waals surface area contributed by atoms with Gasteiger partial charge in [-0.05, 0) is 6.92 Å². The molecule has 0 aliphatic rings. The predicted molar refractivity (Wildman–Crippen MR) is 62.7 cm³/mol. The van der Waals surface area contributed by atoms with Crippen molar-refractivity contribution in [3.8, 4) is 12.3 Å². The number of terminal acetylenes is 1. The number of rotatable bonds is 4. The Morgan fingerprint density at radius 2 is 2.33 bits per heavy atom. The van der Waals surface area contributed by atoms with Crippen LogP contribution in [0.25, 0.3) is 0 Å². The summed E-state index contributed by atoms with van der Waals surface area (Å²) in [6, 6.07) is 0.0858. The molecule has 1 atom stereocenters. The number of imidazole rings is 1. The van der Waals surface area contributed by atoms with Gasteiger partial charge in [0, 0.05) is 27.7 Å². The number of nitrogens with one attached hydrogen (secondary N) is 1. The lowest BCUT2D eigenvalue weighted by Gasteiger charge is -2.13. The maximum absolute atomic E-state index is 5.28. The van der Waals surface area contributed by atoms with E-state index in [1.165, 1.54) is 0 Å². The van der Waals surface area contributed by atoms with Gasteiger partial charge in [-0.3, -0.25) is 5.32 Å². The molecule has 1 heterocycles. The van der Waals surface area contributed by atoms with Crippen LogP contribution in [-0.4, -0.2) is 29.7 Å². The first kappa shape index (κ1) is 11.6. The van der Waals surface area contributed by atoms with E-state index >= 15 is 0 Å². The lowest BCUT2D eigenvalue weighted by molar-refractivity contribution is 0.620. The SMILES string of the molecule is C#CC(C)NCc1cnc(N(C)C)n1C. The van der Waals surface area contributed by atoms with E-state index in [-0.39, 0.29) is 6.04 Å². The van der Waals surface area contributed by atoms with Crippen LogP contribution in [0.2, 0.25) is 0 Å². The third kappa shape index (κ3) is 2.74. The van der Waals surface area contributed by atoms with Crippen molar-refractivity contribution in [3.63, 3.8) is 0 Å². The van der Waals surface area contributed by atoms with Gasteiger partial charge in [-0.2, -0.15) is 0 Å². The number of anilines is 1. The highest BCUT2D eigenvalue weighted by molar-refractivity contribution is 5.30. The van der Waals surface area contributed by atoms with Gasteiger partial charge in [0.05, 0.1) is 17.9 Å². The van der Waals surface area contributed by atoms with Gasteiger partial charge in [0.25, 0.3) is 0 Å². The van der Waals surface area contributed by atoms with Gasteiger partial charge in [-0.15, -0.1) is 6.42 Å². The zero-order valence-corrected chi connectivity index (χ0v) is 9.78. The molecule has 1 N–H and O–H groups in total. The Morgan fingerprint density at radius 3 is 2.80 bits per heavy atom. The Morgan fingerprint density at radius 1 is 1.67 bits per heavy atom. The molecule has 0 spiro atoms. The van der Waals surface area contributed by atoms with Crippen molar-refractivity contribution in [2.24, 2.45) is 7.05 Å². The van der Waals surface area contributed by atoms with Gasteiger partial charge in [-0.25, -0.2) is 4.98 Å². The molecule has 0 aromatic carbocycles. The van der Waals surface area contributed by atoms with Crippen LogP contribution in [0.3, 0.4) is 0 Å². The van der Waals surface area contributed by atoms with Crippen LogP contribution in [-0.2, 0) is 13.6 Å². The molecular formula is C11H18N4. The summed E-state index contributed by atoms with van der Waals surface area (Å²) in [6.07, 6.45) is 7.15. The minimum absolute atomic E-state index is 0.0858. The minimum Gasteiger partial charge on any atom is -0.348 e. The summed E-state index contributed by atoms with van der Waals surface area (Å²) >= 11 is 0. The second kappa shape index (κ2) is 4.85. The quantitative estimate of drug-likeness (QED) is 0.732. The molecule has 0 radical (unpaired) electrons. The van der Waals surface area contributed by atoms with Crippen molar-refractivity contribution >= 4 is 5.95 Å². The van der Waals surface area contributed by atoms with Crippen molar-refractivity contribution in [2.75, 3.05) is 19.0 Å². The molecule has 1 aromatic heterocycles. The molecule has 0 aliphatic heterocycles. The van der Waals surface area contributed by atoms with Crippen LogP contribution in [0.5, 0.6) is 0 Å². The zero-order valence-electron chi connectivity index (χ0n) is 9.78. The number of hydrogen-bond acceptors (Lipinski definition) is 3. The highest BCUT2D eigenvalue weighted by atomic mass is 15.3. The summed E-state index contributed by atoms with van der Waals surface area (Å²) in [5.74, 6) is 3.58. The van der Waals surface area contributed by atoms with Crippen LogP contribution in [0.1, 0.15) is 12.6 Å². The fourth-order valence-electron chi connectivity index (χ4n) is 1.33. The van der Waals surface area contributed by atoms with Gasteiger partial charge in [0.1, 0.15) is 0 Å². The highest BCUT2D eigenvalue weighted by Crippen LogP contribution is 2.10. The third-order valence-corrected chi connectivity index (χ3v) is 2.30. The first-order chi connectivity index (χ1) is 7.06. The normalized spacial score (nSPS) is 12.2. The average molecular weight is 206 g/mol. The topological polar surface area (TPSA) is 33.1 Å². The van der Waals surface area contributed by atoms with E-state index in [9.17, 15) is 0 Å². The minimum atomic E-state index is 0.0858. The summed E-state index contributed by atoms with van der Waals surface area (Å²) in [7, 11) is 5.95. The zero-order chi connectivity index (χ0) is 11.4. The van der Waals surface area contributed by atoms with E-state index in [2.05, 4.69) is 20.8 Å². The largest absolute Gasteiger partial charge is 0.348 e. The van der Waals surface area contributed by atoms with Gasteiger partial charge in [0.15, 0.2) is 0 Å². The first-order valence-electron chi connectivity index (χ1n) is 4.93. The Labute approximate surface area is 91.3 Å². The molecule has 0 amide bonds. The van der Waals surface area contributed by atoms with Crippen LogP contribution < -0.4 is 10.2 Å². The molecule has 0 fully saturated rings. The molecular weight excluding hydrogens is 188 g/mol. The standard InChI is InChI=1S/C11H18N4/c1-6-9(2)12-7-10-8-13-11(14(3)4)15(10)5/h1,8-9,12H,7H2,2-5H3. The van der Waals surface area contributed by atoms with Crippen molar-refractivity contribution in [1.82, 2.24) is 14.9 Å². The lowest BCUT2D eigenvalue weighted by atomic mass is 10.3. The van der Waals surface area contributed by atoms with E-state index < -0.39 is 0 Å². The molecule has 0 bridgehead atoms. The molecule has 1 rings (SSSR count). The van der Waals surface area contributed by atoms with Crippen LogP contribution in [0, 0.1) is 12.3 Å². The third-order valence-electron chi connectivity index (χ3n) is 2.30. The van der Waals surface area contributed by atoms with Crippen molar-refractivity contribution in [3.05, 3.63) is 11.9 Å². The van der Waals surface area contributed by atoms with Gasteiger partial charge in [-0.1, -0.05) is 5.92 Å². The second-order valence-corrected chi connectivity index (χ2v) is 3.77. The summed E-state index contributed by atoms with van der Waals surface area (Å²) in [5.41, 5.74) is 1.13. The molecule has 4 nitrogen and oxygen atoms in total. The van der Waals surface area contributed by atoms with Gasteiger partial charge >= 0.3 is 0 Å². The fourth-order valence-corrected chi connectivity index (χ4v) is 1.33. The molecule has 0 saturated heterocycles. The van der Waals surface area contributed by atoms with Crippen LogP contribution in [0.4, 0.5) is 5.95 Å². The van der Waals surface area contributed by atoms with Crippen LogP contribution >= 0.6 is 0 Å². The summed E-state index contributed by atoms with van der Waals surface area (Å²) in [5, 5.41) is 3.23. The maximum atomic E-state index is 5.28. The number of nitrogens with zero attached hydrogens (tertiary/aromatic N) is 3. The smallest absolute Gasteiger partial charge is 0.204 e. The fraction of sp³-hybridized carbons (Fsp3) is 0.545. The summed E-state index contributed by atoms with van der Waals surface area (Å²) < 4.78 is 2.05. The molecule has 1 unspecified atom stereocenters. The van der Waals surface area contributed by atoms with Gasteiger partial charge < -0.3 is 9.47 Å². The Hall–Kier alpha value is -1.47. The van der Waals surface area contributed by atoms with Crippen LogP contribution in [0.15, 0.2) is 6.20 Å². The Bertz CT molecular complexity index is 359. The Kier molecular flexibility index (Phi) is 3.75.